The monoisotopic (exact) mass is 511 g/mol. The molecule has 1 saturated heterocycles. The Kier molecular flexibility index (Phi) is 6.94. The fraction of sp³-hybridized carbons (Fsp3) is 0.556. The second-order valence-electron chi connectivity index (χ2n) is 10.4. The van der Waals surface area contributed by atoms with Crippen molar-refractivity contribution in [2.75, 3.05) is 13.2 Å². The lowest BCUT2D eigenvalue weighted by Gasteiger charge is -2.27. The topological polar surface area (TPSA) is 125 Å². The number of benzene rings is 1. The molecule has 0 spiro atoms. The van der Waals surface area contributed by atoms with E-state index >= 15 is 0 Å². The van der Waals surface area contributed by atoms with E-state index in [9.17, 15) is 24.3 Å². The first-order chi connectivity index (χ1) is 17.8. The van der Waals surface area contributed by atoms with Gasteiger partial charge in [0, 0.05) is 32.0 Å². The van der Waals surface area contributed by atoms with Crippen LogP contribution in [0.5, 0.6) is 0 Å². The predicted octanol–water partition coefficient (Wildman–Crippen LogP) is 2.21. The Morgan fingerprint density at radius 1 is 1.16 bits per heavy atom. The standard InChI is InChI=1S/C27H33N3O7/c1-17-24(32)30-16-21(37-26(35)29-14-18-8-5-6-9-19(18)15-29)12-22(30)23(31)28-27(25(33)34)13-20(27)10-4-2-3-7-11-36-17/h4-6,8-10,17,20-22H,2-3,7,11-16H2,1H3,(H,28,31)(H,33,34)/b10-4-/t17-,20-,21-,22+,27-/m1/s1. The maximum absolute atomic E-state index is 13.4. The van der Waals surface area contributed by atoms with Gasteiger partial charge in [0.15, 0.2) is 0 Å². The molecular formula is C27H33N3O7. The minimum atomic E-state index is -1.37. The number of nitrogens with one attached hydrogen (secondary N) is 1. The van der Waals surface area contributed by atoms with Crippen LogP contribution in [0.3, 0.4) is 0 Å². The molecule has 4 aliphatic rings. The van der Waals surface area contributed by atoms with Crippen molar-refractivity contribution in [1.29, 1.82) is 0 Å². The van der Waals surface area contributed by atoms with E-state index in [4.69, 9.17) is 9.47 Å². The van der Waals surface area contributed by atoms with E-state index in [1.165, 1.54) is 4.90 Å². The largest absolute Gasteiger partial charge is 0.479 e. The van der Waals surface area contributed by atoms with Crippen LogP contribution >= 0.6 is 0 Å². The summed E-state index contributed by atoms with van der Waals surface area (Å²) in [4.78, 5) is 54.7. The Balaban J connectivity index is 1.31. The third-order valence-electron chi connectivity index (χ3n) is 7.81. The van der Waals surface area contributed by atoms with Gasteiger partial charge in [-0.1, -0.05) is 36.4 Å². The van der Waals surface area contributed by atoms with Crippen molar-refractivity contribution >= 4 is 23.9 Å². The molecule has 3 aliphatic heterocycles. The number of aliphatic carboxylic acids is 1. The molecule has 1 aromatic rings. The smallest absolute Gasteiger partial charge is 0.410 e. The van der Waals surface area contributed by atoms with Gasteiger partial charge in [-0.15, -0.1) is 0 Å². The van der Waals surface area contributed by atoms with Crippen molar-refractivity contribution < 1.29 is 33.8 Å². The molecule has 2 N–H and O–H groups in total. The highest BCUT2D eigenvalue weighted by atomic mass is 16.6. The van der Waals surface area contributed by atoms with Crippen LogP contribution in [0.15, 0.2) is 36.4 Å². The number of allylic oxidation sites excluding steroid dienone is 1. The van der Waals surface area contributed by atoms with Crippen molar-refractivity contribution in [3.05, 3.63) is 47.5 Å². The first-order valence-electron chi connectivity index (χ1n) is 12.9. The summed E-state index contributed by atoms with van der Waals surface area (Å²) in [5, 5.41) is 12.6. The van der Waals surface area contributed by atoms with E-state index in [0.717, 1.165) is 30.4 Å². The molecule has 0 radical (unpaired) electrons. The van der Waals surface area contributed by atoms with Gasteiger partial charge in [0.25, 0.3) is 5.91 Å². The number of carbonyl (C=O) groups is 4. The molecule has 3 amide bonds. The van der Waals surface area contributed by atoms with Gasteiger partial charge in [0.1, 0.15) is 23.8 Å². The molecular weight excluding hydrogens is 478 g/mol. The molecule has 37 heavy (non-hydrogen) atoms. The average molecular weight is 512 g/mol. The normalized spacial score (nSPS) is 32.8. The lowest BCUT2D eigenvalue weighted by atomic mass is 10.1. The van der Waals surface area contributed by atoms with Crippen molar-refractivity contribution in [3.63, 3.8) is 0 Å². The maximum Gasteiger partial charge on any atom is 0.410 e. The summed E-state index contributed by atoms with van der Waals surface area (Å²) in [5.41, 5.74) is 0.748. The highest BCUT2D eigenvalue weighted by Gasteiger charge is 2.61. The fourth-order valence-electron chi connectivity index (χ4n) is 5.51. The van der Waals surface area contributed by atoms with Crippen LogP contribution in [0.1, 0.15) is 50.2 Å². The van der Waals surface area contributed by atoms with Gasteiger partial charge in [0.05, 0.1) is 6.54 Å². The molecule has 1 aliphatic carbocycles. The van der Waals surface area contributed by atoms with Crippen LogP contribution < -0.4 is 5.32 Å². The molecule has 10 heteroatoms. The summed E-state index contributed by atoms with van der Waals surface area (Å²) in [5.74, 6) is -2.33. The Labute approximate surface area is 215 Å². The first-order valence-corrected chi connectivity index (χ1v) is 12.9. The van der Waals surface area contributed by atoms with Crippen LogP contribution in [-0.2, 0) is 36.9 Å². The van der Waals surface area contributed by atoms with Gasteiger partial charge < -0.3 is 24.8 Å². The van der Waals surface area contributed by atoms with E-state index in [0.29, 0.717) is 26.1 Å². The van der Waals surface area contributed by atoms with Gasteiger partial charge >= 0.3 is 12.1 Å². The number of rotatable bonds is 2. The van der Waals surface area contributed by atoms with Gasteiger partial charge in [-0.05, 0) is 43.7 Å². The summed E-state index contributed by atoms with van der Waals surface area (Å²) < 4.78 is 11.5. The zero-order valence-electron chi connectivity index (χ0n) is 20.9. The molecule has 0 bridgehead atoms. The quantitative estimate of drug-likeness (QED) is 0.583. The second-order valence-corrected chi connectivity index (χ2v) is 10.4. The Hall–Kier alpha value is -3.40. The molecule has 10 nitrogen and oxygen atoms in total. The van der Waals surface area contributed by atoms with Crippen molar-refractivity contribution in [2.24, 2.45) is 5.92 Å². The second kappa shape index (κ2) is 10.2. The van der Waals surface area contributed by atoms with Crippen LogP contribution in [0.2, 0.25) is 0 Å². The minimum absolute atomic E-state index is 0.0422. The van der Waals surface area contributed by atoms with Crippen LogP contribution in [-0.4, -0.2) is 75.7 Å². The molecule has 0 unspecified atom stereocenters. The number of carbonyl (C=O) groups excluding carboxylic acids is 3. The van der Waals surface area contributed by atoms with E-state index in [1.54, 1.807) is 11.8 Å². The molecule has 1 saturated carbocycles. The number of hydrogen-bond acceptors (Lipinski definition) is 6. The summed E-state index contributed by atoms with van der Waals surface area (Å²) in [6.45, 7) is 2.97. The number of hydrogen-bond donors (Lipinski definition) is 2. The van der Waals surface area contributed by atoms with Crippen LogP contribution in [0.25, 0.3) is 0 Å². The Morgan fingerprint density at radius 2 is 1.89 bits per heavy atom. The molecule has 5 atom stereocenters. The number of carboxylic acids is 1. The van der Waals surface area contributed by atoms with Crippen molar-refractivity contribution in [2.45, 2.75) is 75.9 Å². The SMILES string of the molecule is C[C@H]1OCCCC/C=C\[C@@H]2C[C@@]2(C(=O)O)NC(=O)[C@@H]2C[C@@H](OC(=O)N3Cc4ccccc4C3)CN2C1=O. The molecule has 0 aromatic heterocycles. The summed E-state index contributed by atoms with van der Waals surface area (Å²) in [6.07, 6.45) is 4.60. The highest BCUT2D eigenvalue weighted by molar-refractivity contribution is 5.95. The summed E-state index contributed by atoms with van der Waals surface area (Å²) >= 11 is 0. The van der Waals surface area contributed by atoms with Crippen LogP contribution in [0.4, 0.5) is 4.79 Å². The summed E-state index contributed by atoms with van der Waals surface area (Å²) in [7, 11) is 0. The number of fused-ring (bicyclic) bond motifs is 3. The number of ether oxygens (including phenoxy) is 2. The van der Waals surface area contributed by atoms with Crippen molar-refractivity contribution in [3.8, 4) is 0 Å². The molecule has 198 valence electrons. The maximum atomic E-state index is 13.4. The molecule has 2 fully saturated rings. The fourth-order valence-corrected chi connectivity index (χ4v) is 5.51. The highest BCUT2D eigenvalue weighted by Crippen LogP contribution is 2.45. The predicted molar refractivity (Wildman–Crippen MR) is 131 cm³/mol. The molecule has 3 heterocycles. The van der Waals surface area contributed by atoms with Gasteiger partial charge in [-0.25, -0.2) is 9.59 Å². The number of carboxylic acid groups (broad SMARTS) is 1. The van der Waals surface area contributed by atoms with E-state index < -0.39 is 41.8 Å². The molecule has 5 rings (SSSR count). The Bertz CT molecular complexity index is 1100. The Morgan fingerprint density at radius 3 is 2.59 bits per heavy atom. The van der Waals surface area contributed by atoms with Crippen LogP contribution in [0, 0.1) is 5.92 Å². The zero-order chi connectivity index (χ0) is 26.2. The van der Waals surface area contributed by atoms with E-state index in [1.807, 2.05) is 36.4 Å². The third-order valence-corrected chi connectivity index (χ3v) is 7.81. The summed E-state index contributed by atoms with van der Waals surface area (Å²) in [6, 6.07) is 6.83. The third kappa shape index (κ3) is 5.07. The van der Waals surface area contributed by atoms with Gasteiger partial charge in [-0.2, -0.15) is 0 Å². The van der Waals surface area contributed by atoms with E-state index in [2.05, 4.69) is 5.32 Å². The zero-order valence-corrected chi connectivity index (χ0v) is 20.9. The number of nitrogens with zero attached hydrogens (tertiary/aromatic N) is 2. The minimum Gasteiger partial charge on any atom is -0.479 e. The lowest BCUT2D eigenvalue weighted by Crippen LogP contribution is -2.54. The van der Waals surface area contributed by atoms with Crippen molar-refractivity contribution in [1.82, 2.24) is 15.1 Å². The van der Waals surface area contributed by atoms with Gasteiger partial charge in [0.2, 0.25) is 5.91 Å². The lowest BCUT2D eigenvalue weighted by molar-refractivity contribution is -0.149. The van der Waals surface area contributed by atoms with E-state index in [-0.39, 0.29) is 24.8 Å². The first kappa shape index (κ1) is 25.3. The average Bonchev–Trinajstić information content (AvgIpc) is 3.20. The van der Waals surface area contributed by atoms with Gasteiger partial charge in [-0.3, -0.25) is 14.5 Å². The molecule has 1 aromatic carbocycles. The number of amides is 3.